The normalized spacial score (nSPS) is 10.8. The van der Waals surface area contributed by atoms with Crippen molar-refractivity contribution < 1.29 is 13.5 Å². The van der Waals surface area contributed by atoms with Crippen molar-refractivity contribution in [3.05, 3.63) is 54.2 Å². The van der Waals surface area contributed by atoms with E-state index in [1.54, 1.807) is 36.4 Å². The number of hydrogen-bond acceptors (Lipinski definition) is 4. The van der Waals surface area contributed by atoms with Crippen LogP contribution in [-0.4, -0.2) is 4.98 Å². The molecule has 1 heterocycles. The summed E-state index contributed by atoms with van der Waals surface area (Å²) in [5, 5.41) is 0. The first-order valence-electron chi connectivity index (χ1n) is 5.75. The van der Waals surface area contributed by atoms with Crippen molar-refractivity contribution in [2.75, 3.05) is 5.73 Å². The molecule has 0 aliphatic carbocycles. The van der Waals surface area contributed by atoms with Gasteiger partial charge in [0.25, 0.3) is 0 Å². The molecule has 3 aromatic rings. The highest BCUT2D eigenvalue weighted by atomic mass is 19.1. The Labute approximate surface area is 108 Å². The average Bonchev–Trinajstić information content (AvgIpc) is 2.82. The van der Waals surface area contributed by atoms with E-state index >= 15 is 0 Å². The number of anilines is 1. The van der Waals surface area contributed by atoms with Crippen LogP contribution in [-0.2, 0) is 6.61 Å². The molecule has 3 rings (SSSR count). The molecule has 0 unspecified atom stereocenters. The molecule has 0 aliphatic heterocycles. The number of benzene rings is 2. The van der Waals surface area contributed by atoms with Crippen LogP contribution in [0, 0.1) is 5.82 Å². The van der Waals surface area contributed by atoms with Crippen molar-refractivity contribution in [3.63, 3.8) is 0 Å². The van der Waals surface area contributed by atoms with Gasteiger partial charge in [0.1, 0.15) is 5.52 Å². The molecule has 96 valence electrons. The molecule has 0 fully saturated rings. The third kappa shape index (κ3) is 2.22. The van der Waals surface area contributed by atoms with Gasteiger partial charge in [0.05, 0.1) is 5.69 Å². The maximum atomic E-state index is 13.4. The minimum atomic E-state index is -0.418. The monoisotopic (exact) mass is 258 g/mol. The van der Waals surface area contributed by atoms with E-state index in [1.165, 1.54) is 6.07 Å². The number of para-hydroxylation sites is 2. The van der Waals surface area contributed by atoms with Gasteiger partial charge < -0.3 is 14.9 Å². The maximum absolute atomic E-state index is 13.4. The molecule has 4 nitrogen and oxygen atoms in total. The molecule has 1 aromatic heterocycles. The number of oxazole rings is 1. The highest BCUT2D eigenvalue weighted by Crippen LogP contribution is 2.22. The Morgan fingerprint density at radius 3 is 2.79 bits per heavy atom. The van der Waals surface area contributed by atoms with Gasteiger partial charge in [-0.3, -0.25) is 0 Å². The summed E-state index contributed by atoms with van der Waals surface area (Å²) in [6.45, 7) is 0.0506. The quantitative estimate of drug-likeness (QED) is 0.733. The van der Waals surface area contributed by atoms with E-state index in [0.717, 1.165) is 0 Å². The van der Waals surface area contributed by atoms with Crippen molar-refractivity contribution >= 4 is 16.8 Å². The first-order chi connectivity index (χ1) is 9.24. The summed E-state index contributed by atoms with van der Waals surface area (Å²) in [4.78, 5) is 4.22. The maximum Gasteiger partial charge on any atom is 0.233 e. The molecule has 0 radical (unpaired) electrons. The second kappa shape index (κ2) is 4.61. The van der Waals surface area contributed by atoms with Crippen LogP contribution in [0.15, 0.2) is 46.9 Å². The van der Waals surface area contributed by atoms with E-state index in [0.29, 0.717) is 22.7 Å². The van der Waals surface area contributed by atoms with Crippen LogP contribution in [0.3, 0.4) is 0 Å². The number of rotatable bonds is 3. The van der Waals surface area contributed by atoms with Gasteiger partial charge in [-0.15, -0.1) is 0 Å². The van der Waals surface area contributed by atoms with Gasteiger partial charge in [-0.25, -0.2) is 9.37 Å². The summed E-state index contributed by atoms with van der Waals surface area (Å²) < 4.78 is 24.2. The zero-order chi connectivity index (χ0) is 13.2. The minimum Gasteiger partial charge on any atom is -0.481 e. The van der Waals surface area contributed by atoms with Crippen LogP contribution in [0.2, 0.25) is 0 Å². The van der Waals surface area contributed by atoms with Gasteiger partial charge in [-0.1, -0.05) is 18.2 Å². The number of hydrogen-bond donors (Lipinski definition) is 1. The van der Waals surface area contributed by atoms with Crippen LogP contribution in [0.5, 0.6) is 5.75 Å². The molecule has 0 aliphatic rings. The Morgan fingerprint density at radius 2 is 2.00 bits per heavy atom. The average molecular weight is 258 g/mol. The molecule has 5 heteroatoms. The predicted molar refractivity (Wildman–Crippen MR) is 69.2 cm³/mol. The van der Waals surface area contributed by atoms with Crippen molar-refractivity contribution in [2.24, 2.45) is 0 Å². The number of ether oxygens (including phenoxy) is 1. The third-order valence-electron chi connectivity index (χ3n) is 2.68. The summed E-state index contributed by atoms with van der Waals surface area (Å²) in [7, 11) is 0. The first-order valence-corrected chi connectivity index (χ1v) is 5.75. The Hall–Kier alpha value is -2.56. The van der Waals surface area contributed by atoms with E-state index in [-0.39, 0.29) is 12.4 Å². The number of nitrogens with two attached hydrogens (primary N) is 1. The number of fused-ring (bicyclic) bond motifs is 1. The van der Waals surface area contributed by atoms with Crippen molar-refractivity contribution in [1.82, 2.24) is 4.98 Å². The second-order valence-corrected chi connectivity index (χ2v) is 4.02. The van der Waals surface area contributed by atoms with Gasteiger partial charge in [0.2, 0.25) is 5.89 Å². The fraction of sp³-hybridized carbons (Fsp3) is 0.0714. The third-order valence-corrected chi connectivity index (χ3v) is 2.68. The smallest absolute Gasteiger partial charge is 0.233 e. The van der Waals surface area contributed by atoms with Crippen LogP contribution < -0.4 is 10.5 Å². The predicted octanol–water partition coefficient (Wildman–Crippen LogP) is 3.13. The molecule has 0 amide bonds. The molecule has 2 aromatic carbocycles. The van der Waals surface area contributed by atoms with E-state index < -0.39 is 5.82 Å². The van der Waals surface area contributed by atoms with Crippen molar-refractivity contribution in [3.8, 4) is 5.75 Å². The largest absolute Gasteiger partial charge is 0.481 e. The standard InChI is InChI=1S/C14H11FN2O2/c15-9-4-1-2-6-11(9)18-8-13-17-14-10(16)5-3-7-12(14)19-13/h1-7H,8,16H2. The zero-order valence-corrected chi connectivity index (χ0v) is 9.97. The summed E-state index contributed by atoms with van der Waals surface area (Å²) in [5.74, 6) is 0.104. The number of aromatic nitrogens is 1. The molecular weight excluding hydrogens is 247 g/mol. The summed E-state index contributed by atoms with van der Waals surface area (Å²) in [5.41, 5.74) is 7.50. The molecule has 0 spiro atoms. The number of nitrogens with zero attached hydrogens (tertiary/aromatic N) is 1. The molecule has 0 atom stereocenters. The topological polar surface area (TPSA) is 61.3 Å². The van der Waals surface area contributed by atoms with Crippen LogP contribution in [0.1, 0.15) is 5.89 Å². The fourth-order valence-electron chi connectivity index (χ4n) is 1.78. The molecule has 0 saturated heterocycles. The van der Waals surface area contributed by atoms with Gasteiger partial charge in [-0.2, -0.15) is 0 Å². The molecule has 0 saturated carbocycles. The lowest BCUT2D eigenvalue weighted by molar-refractivity contribution is 0.255. The SMILES string of the molecule is Nc1cccc2oc(COc3ccccc3F)nc12. The van der Waals surface area contributed by atoms with Gasteiger partial charge in [-0.05, 0) is 24.3 Å². The van der Waals surface area contributed by atoms with E-state index in [2.05, 4.69) is 4.98 Å². The van der Waals surface area contributed by atoms with Gasteiger partial charge >= 0.3 is 0 Å². The van der Waals surface area contributed by atoms with Crippen molar-refractivity contribution in [1.29, 1.82) is 0 Å². The Bertz CT molecular complexity index is 724. The van der Waals surface area contributed by atoms with E-state index in [9.17, 15) is 4.39 Å². The van der Waals surface area contributed by atoms with Crippen molar-refractivity contribution in [2.45, 2.75) is 6.61 Å². The lowest BCUT2D eigenvalue weighted by atomic mass is 10.3. The molecule has 2 N–H and O–H groups in total. The molecule has 19 heavy (non-hydrogen) atoms. The van der Waals surface area contributed by atoms with Crippen LogP contribution in [0.25, 0.3) is 11.1 Å². The lowest BCUT2D eigenvalue weighted by Crippen LogP contribution is -1.97. The Morgan fingerprint density at radius 1 is 1.16 bits per heavy atom. The van der Waals surface area contributed by atoms with Gasteiger partial charge in [0, 0.05) is 0 Å². The zero-order valence-electron chi connectivity index (χ0n) is 9.97. The van der Waals surface area contributed by atoms with Crippen LogP contribution >= 0.6 is 0 Å². The fourth-order valence-corrected chi connectivity index (χ4v) is 1.78. The Balaban J connectivity index is 1.83. The lowest BCUT2D eigenvalue weighted by Gasteiger charge is -2.03. The molecular formula is C14H11FN2O2. The number of halogens is 1. The summed E-state index contributed by atoms with van der Waals surface area (Å²) >= 11 is 0. The highest BCUT2D eigenvalue weighted by Gasteiger charge is 2.09. The Kier molecular flexibility index (Phi) is 2.79. The van der Waals surface area contributed by atoms with Gasteiger partial charge in [0.15, 0.2) is 23.8 Å². The highest BCUT2D eigenvalue weighted by molar-refractivity contribution is 5.85. The first kappa shape index (κ1) is 11.5. The van der Waals surface area contributed by atoms with E-state index in [1.807, 2.05) is 0 Å². The summed E-state index contributed by atoms with van der Waals surface area (Å²) in [6, 6.07) is 11.5. The number of nitrogen functional groups attached to an aromatic ring is 1. The molecule has 0 bridgehead atoms. The van der Waals surface area contributed by atoms with Crippen LogP contribution in [0.4, 0.5) is 10.1 Å². The summed E-state index contributed by atoms with van der Waals surface area (Å²) in [6.07, 6.45) is 0. The second-order valence-electron chi connectivity index (χ2n) is 4.02. The minimum absolute atomic E-state index is 0.0506. The van der Waals surface area contributed by atoms with E-state index in [4.69, 9.17) is 14.9 Å².